The average Bonchev–Trinajstić information content (AvgIpc) is 2.26. The first-order valence-electron chi connectivity index (χ1n) is 5.47. The van der Waals surface area contributed by atoms with Gasteiger partial charge in [-0.25, -0.2) is 0 Å². The summed E-state index contributed by atoms with van der Waals surface area (Å²) in [6.45, 7) is 4.70. The maximum absolute atomic E-state index is 11.7. The van der Waals surface area contributed by atoms with E-state index in [4.69, 9.17) is 0 Å². The van der Waals surface area contributed by atoms with Crippen molar-refractivity contribution in [2.24, 2.45) is 0 Å². The van der Waals surface area contributed by atoms with Crippen LogP contribution in [0.3, 0.4) is 0 Å². The monoisotopic (exact) mass is 284 g/mol. The predicted octanol–water partition coefficient (Wildman–Crippen LogP) is 2.68. The van der Waals surface area contributed by atoms with Crippen molar-refractivity contribution in [1.29, 1.82) is 0 Å². The second kappa shape index (κ2) is 6.63. The lowest BCUT2D eigenvalue weighted by Crippen LogP contribution is -2.29. The van der Waals surface area contributed by atoms with Crippen molar-refractivity contribution in [3.05, 3.63) is 29.6 Å². The number of rotatable bonds is 5. The summed E-state index contributed by atoms with van der Waals surface area (Å²) in [4.78, 5) is 16.1. The summed E-state index contributed by atoms with van der Waals surface area (Å²) >= 11 is 3.52. The molecule has 16 heavy (non-hydrogen) atoms. The minimum atomic E-state index is -0.0586. The maximum Gasteiger partial charge on any atom is 0.252 e. The second-order valence-electron chi connectivity index (χ2n) is 3.85. The molecule has 0 saturated carbocycles. The molecule has 0 aliphatic heterocycles. The van der Waals surface area contributed by atoms with Crippen LogP contribution in [-0.2, 0) is 0 Å². The van der Waals surface area contributed by atoms with Gasteiger partial charge in [-0.2, -0.15) is 0 Å². The van der Waals surface area contributed by atoms with Crippen molar-refractivity contribution in [1.82, 2.24) is 10.3 Å². The van der Waals surface area contributed by atoms with E-state index in [0.717, 1.165) is 18.4 Å². The van der Waals surface area contributed by atoms with Crippen LogP contribution in [0.25, 0.3) is 0 Å². The number of aromatic nitrogens is 1. The van der Waals surface area contributed by atoms with E-state index in [1.165, 1.54) is 0 Å². The minimum Gasteiger partial charge on any atom is -0.351 e. The molecule has 1 unspecified atom stereocenters. The molecule has 1 amide bonds. The van der Waals surface area contributed by atoms with Crippen molar-refractivity contribution in [3.63, 3.8) is 0 Å². The lowest BCUT2D eigenvalue weighted by Gasteiger charge is -2.10. The number of pyridine rings is 1. The highest BCUT2D eigenvalue weighted by Gasteiger charge is 2.08. The molecule has 1 rings (SSSR count). The molecule has 0 aliphatic rings. The van der Waals surface area contributed by atoms with Crippen LogP contribution in [0.5, 0.6) is 0 Å². The first kappa shape index (κ1) is 13.2. The molecule has 1 heterocycles. The molecule has 3 nitrogen and oxygen atoms in total. The van der Waals surface area contributed by atoms with Crippen LogP contribution in [0.4, 0.5) is 0 Å². The van der Waals surface area contributed by atoms with Gasteiger partial charge in [-0.05, 0) is 25.0 Å². The fraction of sp³-hybridized carbons (Fsp3) is 0.500. The van der Waals surface area contributed by atoms with Gasteiger partial charge in [-0.1, -0.05) is 29.3 Å². The largest absolute Gasteiger partial charge is 0.351 e. The van der Waals surface area contributed by atoms with E-state index >= 15 is 0 Å². The van der Waals surface area contributed by atoms with E-state index in [2.05, 4.69) is 33.2 Å². The van der Waals surface area contributed by atoms with Crippen molar-refractivity contribution >= 4 is 21.8 Å². The summed E-state index contributed by atoms with van der Waals surface area (Å²) in [6.07, 6.45) is 5.50. The highest BCUT2D eigenvalue weighted by molar-refractivity contribution is 9.09. The number of nitrogens with zero attached hydrogens (tertiary/aromatic N) is 1. The molecule has 0 aromatic carbocycles. The van der Waals surface area contributed by atoms with Gasteiger partial charge in [0.15, 0.2) is 0 Å². The topological polar surface area (TPSA) is 42.0 Å². The van der Waals surface area contributed by atoms with Crippen LogP contribution in [0.1, 0.15) is 35.7 Å². The molecule has 1 atom stereocenters. The lowest BCUT2D eigenvalue weighted by molar-refractivity contribution is 0.0953. The molecule has 88 valence electrons. The molecule has 1 aromatic heterocycles. The Morgan fingerprint density at radius 1 is 1.56 bits per heavy atom. The van der Waals surface area contributed by atoms with E-state index in [0.29, 0.717) is 16.9 Å². The van der Waals surface area contributed by atoms with Crippen LogP contribution >= 0.6 is 15.9 Å². The van der Waals surface area contributed by atoms with Crippen molar-refractivity contribution in [2.75, 3.05) is 6.54 Å². The van der Waals surface area contributed by atoms with Gasteiger partial charge in [0.1, 0.15) is 0 Å². The Balaban J connectivity index is 2.47. The highest BCUT2D eigenvalue weighted by Crippen LogP contribution is 2.07. The number of carbonyl (C=O) groups excluding carboxylic acids is 1. The van der Waals surface area contributed by atoms with Gasteiger partial charge < -0.3 is 5.32 Å². The SMILES string of the molecule is CCCC(Br)CNC(=O)c1cncc(C)c1. The van der Waals surface area contributed by atoms with Crippen LogP contribution < -0.4 is 5.32 Å². The number of carbonyl (C=O) groups is 1. The normalized spacial score (nSPS) is 12.2. The molecule has 4 heteroatoms. The fourth-order valence-corrected chi connectivity index (χ4v) is 2.02. The van der Waals surface area contributed by atoms with Crippen LogP contribution in [0, 0.1) is 6.92 Å². The number of hydrogen-bond acceptors (Lipinski definition) is 2. The zero-order chi connectivity index (χ0) is 12.0. The van der Waals surface area contributed by atoms with Gasteiger partial charge in [0, 0.05) is 23.8 Å². The Bertz CT molecular complexity index is 355. The number of alkyl halides is 1. The van der Waals surface area contributed by atoms with Crippen molar-refractivity contribution < 1.29 is 4.79 Å². The summed E-state index contributed by atoms with van der Waals surface area (Å²) in [5.74, 6) is -0.0586. The van der Waals surface area contributed by atoms with Gasteiger partial charge in [-0.3, -0.25) is 9.78 Å². The quantitative estimate of drug-likeness (QED) is 0.845. The Hall–Kier alpha value is -0.900. The Morgan fingerprint density at radius 2 is 2.31 bits per heavy atom. The van der Waals surface area contributed by atoms with E-state index in [-0.39, 0.29) is 5.91 Å². The molecule has 0 saturated heterocycles. The van der Waals surface area contributed by atoms with E-state index < -0.39 is 0 Å². The van der Waals surface area contributed by atoms with Gasteiger partial charge in [0.2, 0.25) is 0 Å². The number of hydrogen-bond donors (Lipinski definition) is 1. The summed E-state index contributed by atoms with van der Waals surface area (Å²) in [5.41, 5.74) is 1.62. The number of aryl methyl sites for hydroxylation is 1. The van der Waals surface area contributed by atoms with Crippen molar-refractivity contribution in [3.8, 4) is 0 Å². The molecular formula is C12H17BrN2O. The summed E-state index contributed by atoms with van der Waals surface area (Å²) in [7, 11) is 0. The Morgan fingerprint density at radius 3 is 2.94 bits per heavy atom. The average molecular weight is 285 g/mol. The number of amides is 1. The zero-order valence-corrected chi connectivity index (χ0v) is 11.3. The van der Waals surface area contributed by atoms with Crippen LogP contribution in [0.2, 0.25) is 0 Å². The van der Waals surface area contributed by atoms with E-state index in [1.54, 1.807) is 12.4 Å². The minimum absolute atomic E-state index is 0.0586. The summed E-state index contributed by atoms with van der Waals surface area (Å²) in [5, 5.41) is 2.88. The molecule has 0 bridgehead atoms. The second-order valence-corrected chi connectivity index (χ2v) is 5.14. The highest BCUT2D eigenvalue weighted by atomic mass is 79.9. The molecule has 0 fully saturated rings. The van der Waals surface area contributed by atoms with Gasteiger partial charge in [-0.15, -0.1) is 0 Å². The zero-order valence-electron chi connectivity index (χ0n) is 9.66. The third-order valence-electron chi connectivity index (χ3n) is 2.22. The molecular weight excluding hydrogens is 268 g/mol. The molecule has 0 aliphatic carbocycles. The van der Waals surface area contributed by atoms with E-state index in [9.17, 15) is 4.79 Å². The molecule has 1 N–H and O–H groups in total. The predicted molar refractivity (Wildman–Crippen MR) is 68.9 cm³/mol. The number of halogens is 1. The van der Waals surface area contributed by atoms with Gasteiger partial charge >= 0.3 is 0 Å². The number of nitrogens with one attached hydrogen (secondary N) is 1. The van der Waals surface area contributed by atoms with Crippen molar-refractivity contribution in [2.45, 2.75) is 31.5 Å². The summed E-state index contributed by atoms with van der Waals surface area (Å²) in [6, 6.07) is 1.84. The van der Waals surface area contributed by atoms with Gasteiger partial charge in [0.05, 0.1) is 5.56 Å². The fourth-order valence-electron chi connectivity index (χ4n) is 1.40. The third-order valence-corrected chi connectivity index (χ3v) is 3.00. The third kappa shape index (κ3) is 4.31. The first-order valence-corrected chi connectivity index (χ1v) is 6.39. The van der Waals surface area contributed by atoms with Crippen LogP contribution in [-0.4, -0.2) is 22.3 Å². The Kier molecular flexibility index (Phi) is 5.46. The molecule has 0 radical (unpaired) electrons. The first-order chi connectivity index (χ1) is 7.63. The Labute approximate surface area is 105 Å². The van der Waals surface area contributed by atoms with Gasteiger partial charge in [0.25, 0.3) is 5.91 Å². The smallest absolute Gasteiger partial charge is 0.252 e. The van der Waals surface area contributed by atoms with E-state index in [1.807, 2.05) is 13.0 Å². The molecule has 0 spiro atoms. The molecule has 1 aromatic rings. The maximum atomic E-state index is 11.7. The summed E-state index contributed by atoms with van der Waals surface area (Å²) < 4.78 is 0. The standard InChI is InChI=1S/C12H17BrN2O/c1-3-4-11(13)8-15-12(16)10-5-9(2)6-14-7-10/h5-7,11H,3-4,8H2,1-2H3,(H,15,16). The lowest BCUT2D eigenvalue weighted by atomic mass is 10.2. The van der Waals surface area contributed by atoms with Crippen LogP contribution in [0.15, 0.2) is 18.5 Å².